The molecule has 1 aliphatic carbocycles. The van der Waals surface area contributed by atoms with Crippen LogP contribution in [0, 0.1) is 5.92 Å². The van der Waals surface area contributed by atoms with Crippen molar-refractivity contribution in [2.75, 3.05) is 18.9 Å². The lowest BCUT2D eigenvalue weighted by Gasteiger charge is -2.33. The average molecular weight is 287 g/mol. The van der Waals surface area contributed by atoms with Gasteiger partial charge in [-0.15, -0.1) is 0 Å². The Labute approximate surface area is 122 Å². The normalized spacial score (nSPS) is 19.8. The van der Waals surface area contributed by atoms with Crippen LogP contribution in [-0.4, -0.2) is 35.7 Å². The van der Waals surface area contributed by atoms with E-state index in [-0.39, 0.29) is 5.97 Å². The minimum atomic E-state index is -0.444. The summed E-state index contributed by atoms with van der Waals surface area (Å²) in [6.07, 6.45) is 4.48. The molecule has 1 rings (SSSR count). The fraction of sp³-hybridized carbons (Fsp3) is 0.933. The average Bonchev–Trinajstić information content (AvgIpc) is 3.24. The number of ether oxygens (including phenoxy) is 1. The van der Waals surface area contributed by atoms with Crippen molar-refractivity contribution in [2.45, 2.75) is 64.2 Å². The number of rotatable bonds is 10. The molecule has 1 fully saturated rings. The first-order valence-electron chi connectivity index (χ1n) is 7.64. The summed E-state index contributed by atoms with van der Waals surface area (Å²) in [7, 11) is 0. The molecule has 0 radical (unpaired) electrons. The molecule has 3 nitrogen and oxygen atoms in total. The number of hydrogen-bond donors (Lipinski definition) is 1. The predicted octanol–water partition coefficient (Wildman–Crippen LogP) is 3.23. The third-order valence-electron chi connectivity index (χ3n) is 3.77. The number of carbonyl (C=O) groups excluding carboxylic acids is 1. The van der Waals surface area contributed by atoms with E-state index in [2.05, 4.69) is 26.1 Å². The summed E-state index contributed by atoms with van der Waals surface area (Å²) < 4.78 is 5.36. The highest BCUT2D eigenvalue weighted by molar-refractivity contribution is 8.00. The van der Waals surface area contributed by atoms with Crippen molar-refractivity contribution in [1.29, 1.82) is 0 Å². The molecule has 2 atom stereocenters. The lowest BCUT2D eigenvalue weighted by Crippen LogP contribution is -2.57. The molecule has 0 heterocycles. The summed E-state index contributed by atoms with van der Waals surface area (Å²) in [5, 5.41) is 4.11. The highest BCUT2D eigenvalue weighted by Gasteiger charge is 2.51. The Hall–Kier alpha value is -0.220. The van der Waals surface area contributed by atoms with Crippen molar-refractivity contribution >= 4 is 17.7 Å². The van der Waals surface area contributed by atoms with Gasteiger partial charge in [0.2, 0.25) is 0 Å². The Morgan fingerprint density at radius 1 is 1.42 bits per heavy atom. The Morgan fingerprint density at radius 3 is 2.58 bits per heavy atom. The standard InChI is InChI=1S/C15H29NO2S/c1-5-10-16-15(13-8-9-13,14(17)18-7-3)11-19-12(4)6-2/h12-13,16H,5-11H2,1-4H3. The third kappa shape index (κ3) is 4.67. The minimum absolute atomic E-state index is 0.0400. The van der Waals surface area contributed by atoms with Gasteiger partial charge in [-0.05, 0) is 45.1 Å². The molecule has 0 bridgehead atoms. The van der Waals surface area contributed by atoms with E-state index in [4.69, 9.17) is 4.74 Å². The van der Waals surface area contributed by atoms with Gasteiger partial charge in [0.05, 0.1) is 6.61 Å². The van der Waals surface area contributed by atoms with Gasteiger partial charge in [-0.2, -0.15) is 11.8 Å². The van der Waals surface area contributed by atoms with Crippen LogP contribution in [0.4, 0.5) is 0 Å². The molecular weight excluding hydrogens is 258 g/mol. The van der Waals surface area contributed by atoms with Crippen LogP contribution in [-0.2, 0) is 9.53 Å². The first-order chi connectivity index (χ1) is 9.10. The second kappa shape index (κ2) is 8.15. The van der Waals surface area contributed by atoms with Crippen LogP contribution >= 0.6 is 11.8 Å². The van der Waals surface area contributed by atoms with Gasteiger partial charge in [-0.3, -0.25) is 4.79 Å². The summed E-state index contributed by atoms with van der Waals surface area (Å²) in [5.74, 6) is 1.27. The highest BCUT2D eigenvalue weighted by atomic mass is 32.2. The smallest absolute Gasteiger partial charge is 0.327 e. The molecule has 2 unspecified atom stereocenters. The van der Waals surface area contributed by atoms with Crippen molar-refractivity contribution in [3.05, 3.63) is 0 Å². The van der Waals surface area contributed by atoms with Crippen molar-refractivity contribution < 1.29 is 9.53 Å². The zero-order chi connectivity index (χ0) is 14.3. The maximum absolute atomic E-state index is 12.5. The predicted molar refractivity (Wildman–Crippen MR) is 82.6 cm³/mol. The van der Waals surface area contributed by atoms with E-state index in [0.29, 0.717) is 17.8 Å². The molecule has 19 heavy (non-hydrogen) atoms. The molecule has 4 heteroatoms. The molecule has 0 amide bonds. The maximum Gasteiger partial charge on any atom is 0.327 e. The van der Waals surface area contributed by atoms with Crippen LogP contribution in [0.1, 0.15) is 53.4 Å². The Kier molecular flexibility index (Phi) is 7.22. The van der Waals surface area contributed by atoms with E-state index in [9.17, 15) is 4.79 Å². The van der Waals surface area contributed by atoms with Crippen molar-refractivity contribution in [3.63, 3.8) is 0 Å². The summed E-state index contributed by atoms with van der Waals surface area (Å²) in [5.41, 5.74) is -0.444. The Morgan fingerprint density at radius 2 is 2.11 bits per heavy atom. The van der Waals surface area contributed by atoms with E-state index < -0.39 is 5.54 Å². The monoisotopic (exact) mass is 287 g/mol. The molecule has 0 aromatic heterocycles. The first kappa shape index (κ1) is 16.8. The summed E-state index contributed by atoms with van der Waals surface area (Å²) >= 11 is 1.89. The minimum Gasteiger partial charge on any atom is -0.465 e. The van der Waals surface area contributed by atoms with E-state index >= 15 is 0 Å². The summed E-state index contributed by atoms with van der Waals surface area (Å²) in [4.78, 5) is 12.5. The van der Waals surface area contributed by atoms with Crippen LogP contribution in [0.25, 0.3) is 0 Å². The van der Waals surface area contributed by atoms with Crippen LogP contribution in [0.2, 0.25) is 0 Å². The molecule has 1 aliphatic rings. The van der Waals surface area contributed by atoms with Crippen LogP contribution in [0.5, 0.6) is 0 Å². The van der Waals surface area contributed by atoms with E-state index in [0.717, 1.165) is 38.0 Å². The van der Waals surface area contributed by atoms with E-state index in [1.54, 1.807) is 0 Å². The molecule has 1 saturated carbocycles. The van der Waals surface area contributed by atoms with Crippen molar-refractivity contribution in [1.82, 2.24) is 5.32 Å². The molecule has 0 aliphatic heterocycles. The zero-order valence-electron chi connectivity index (χ0n) is 12.8. The Balaban J connectivity index is 2.75. The molecule has 112 valence electrons. The van der Waals surface area contributed by atoms with Gasteiger partial charge in [0.25, 0.3) is 0 Å². The second-order valence-corrected chi connectivity index (χ2v) is 6.85. The zero-order valence-corrected chi connectivity index (χ0v) is 13.6. The molecular formula is C15H29NO2S. The van der Waals surface area contributed by atoms with E-state index in [1.165, 1.54) is 0 Å². The number of carbonyl (C=O) groups is 1. The highest BCUT2D eigenvalue weighted by Crippen LogP contribution is 2.43. The summed E-state index contributed by atoms with van der Waals surface area (Å²) in [6.45, 7) is 9.80. The van der Waals surface area contributed by atoms with Gasteiger partial charge >= 0.3 is 5.97 Å². The van der Waals surface area contributed by atoms with Crippen molar-refractivity contribution in [3.8, 4) is 0 Å². The number of thioether (sulfide) groups is 1. The van der Waals surface area contributed by atoms with Gasteiger partial charge in [0.1, 0.15) is 5.54 Å². The van der Waals surface area contributed by atoms with Crippen LogP contribution in [0.15, 0.2) is 0 Å². The topological polar surface area (TPSA) is 38.3 Å². The van der Waals surface area contributed by atoms with Gasteiger partial charge in [0, 0.05) is 11.0 Å². The van der Waals surface area contributed by atoms with Gasteiger partial charge in [-0.1, -0.05) is 20.8 Å². The van der Waals surface area contributed by atoms with Crippen molar-refractivity contribution in [2.24, 2.45) is 5.92 Å². The van der Waals surface area contributed by atoms with Gasteiger partial charge in [0.15, 0.2) is 0 Å². The largest absolute Gasteiger partial charge is 0.465 e. The van der Waals surface area contributed by atoms with E-state index in [1.807, 2.05) is 18.7 Å². The molecule has 0 spiro atoms. The Bertz CT molecular complexity index is 281. The first-order valence-corrected chi connectivity index (χ1v) is 8.69. The SMILES string of the molecule is CCCNC(CSC(C)CC)(C(=O)OCC)C1CC1. The van der Waals surface area contributed by atoms with Gasteiger partial charge in [-0.25, -0.2) is 0 Å². The lowest BCUT2D eigenvalue weighted by atomic mass is 9.95. The fourth-order valence-corrected chi connectivity index (χ4v) is 3.43. The lowest BCUT2D eigenvalue weighted by molar-refractivity contribution is -0.151. The number of esters is 1. The quantitative estimate of drug-likeness (QED) is 0.626. The third-order valence-corrected chi connectivity index (χ3v) is 5.30. The molecule has 0 aromatic carbocycles. The molecule has 0 aromatic rings. The molecule has 0 saturated heterocycles. The van der Waals surface area contributed by atoms with Crippen LogP contribution < -0.4 is 5.32 Å². The fourth-order valence-electron chi connectivity index (χ4n) is 2.19. The molecule has 1 N–H and O–H groups in total. The van der Waals surface area contributed by atoms with Gasteiger partial charge < -0.3 is 10.1 Å². The number of nitrogens with one attached hydrogen (secondary N) is 1. The maximum atomic E-state index is 12.5. The summed E-state index contributed by atoms with van der Waals surface area (Å²) in [6, 6.07) is 0. The van der Waals surface area contributed by atoms with Crippen LogP contribution in [0.3, 0.4) is 0 Å². The number of hydrogen-bond acceptors (Lipinski definition) is 4. The second-order valence-electron chi connectivity index (χ2n) is 5.42.